The predicted molar refractivity (Wildman–Crippen MR) is 78.9 cm³/mol. The Labute approximate surface area is 118 Å². The van der Waals surface area contributed by atoms with Crippen molar-refractivity contribution in [3.63, 3.8) is 0 Å². The van der Waals surface area contributed by atoms with E-state index < -0.39 is 0 Å². The average Bonchev–Trinajstić information content (AvgIpc) is 2.78. The molecule has 0 spiro atoms. The number of thiophene rings is 1. The summed E-state index contributed by atoms with van der Waals surface area (Å²) in [5.74, 6) is 5.80. The summed E-state index contributed by atoms with van der Waals surface area (Å²) in [6.45, 7) is 6.79. The van der Waals surface area contributed by atoms with E-state index in [0.717, 1.165) is 23.0 Å². The van der Waals surface area contributed by atoms with Gasteiger partial charge in [-0.25, -0.2) is 0 Å². The molecule has 3 nitrogen and oxygen atoms in total. The summed E-state index contributed by atoms with van der Waals surface area (Å²) in [4.78, 5) is 3.66. The van der Waals surface area contributed by atoms with Crippen LogP contribution in [0.3, 0.4) is 0 Å². The normalized spacial score (nSPS) is 20.0. The van der Waals surface area contributed by atoms with Gasteiger partial charge < -0.3 is 0 Å². The Morgan fingerprint density at radius 3 is 2.56 bits per heavy atom. The monoisotopic (exact) mass is 287 g/mol. The average molecular weight is 288 g/mol. The van der Waals surface area contributed by atoms with Crippen LogP contribution < -0.4 is 11.3 Å². The van der Waals surface area contributed by atoms with Crippen LogP contribution in [0.2, 0.25) is 5.02 Å². The fraction of sp³-hybridized carbons (Fsp3) is 0.692. The zero-order chi connectivity index (χ0) is 13.2. The van der Waals surface area contributed by atoms with Gasteiger partial charge in [-0.1, -0.05) is 18.0 Å². The first kappa shape index (κ1) is 14.3. The van der Waals surface area contributed by atoms with E-state index in [2.05, 4.69) is 24.2 Å². The second-order valence-electron chi connectivity index (χ2n) is 5.43. The maximum Gasteiger partial charge on any atom is 0.0746 e. The van der Waals surface area contributed by atoms with Crippen molar-refractivity contribution in [2.75, 3.05) is 13.1 Å². The van der Waals surface area contributed by atoms with E-state index in [1.165, 1.54) is 19.3 Å². The first-order valence-corrected chi connectivity index (χ1v) is 7.77. The highest BCUT2D eigenvalue weighted by molar-refractivity contribution is 7.10. The quantitative estimate of drug-likeness (QED) is 0.660. The van der Waals surface area contributed by atoms with E-state index in [1.807, 2.05) is 11.4 Å². The van der Waals surface area contributed by atoms with Crippen LogP contribution in [0.4, 0.5) is 0 Å². The molecule has 1 aromatic heterocycles. The zero-order valence-corrected chi connectivity index (χ0v) is 12.7. The Kier molecular flexibility index (Phi) is 4.67. The molecule has 3 N–H and O–H groups in total. The summed E-state index contributed by atoms with van der Waals surface area (Å²) < 4.78 is 0. The molecule has 1 fully saturated rings. The number of nitrogens with one attached hydrogen (secondary N) is 1. The second kappa shape index (κ2) is 5.88. The van der Waals surface area contributed by atoms with Crippen LogP contribution in [0, 0.1) is 0 Å². The third-order valence-corrected chi connectivity index (χ3v) is 5.37. The first-order valence-electron chi connectivity index (χ1n) is 6.51. The summed E-state index contributed by atoms with van der Waals surface area (Å²) >= 11 is 7.93. The fourth-order valence-electron chi connectivity index (χ4n) is 2.76. The number of likely N-dealkylation sites (tertiary alicyclic amines) is 1. The molecule has 0 saturated carbocycles. The van der Waals surface area contributed by atoms with E-state index in [-0.39, 0.29) is 11.6 Å². The minimum absolute atomic E-state index is 0.0241. The summed E-state index contributed by atoms with van der Waals surface area (Å²) in [7, 11) is 0. The molecule has 0 radical (unpaired) electrons. The number of hydrogen-bond donors (Lipinski definition) is 2. The Balaban J connectivity index is 2.22. The molecule has 1 aromatic rings. The second-order valence-corrected chi connectivity index (χ2v) is 6.79. The molecule has 0 bridgehead atoms. The predicted octanol–water partition coefficient (Wildman–Crippen LogP) is 3.17. The third-order valence-electron chi connectivity index (χ3n) is 3.95. The number of nitrogens with two attached hydrogens (primary N) is 1. The van der Waals surface area contributed by atoms with Crippen molar-refractivity contribution in [2.24, 2.45) is 5.84 Å². The molecule has 1 unspecified atom stereocenters. The molecule has 5 heteroatoms. The van der Waals surface area contributed by atoms with Gasteiger partial charge in [-0.15, -0.1) is 11.3 Å². The van der Waals surface area contributed by atoms with Gasteiger partial charge in [0.25, 0.3) is 0 Å². The van der Waals surface area contributed by atoms with Gasteiger partial charge >= 0.3 is 0 Å². The summed E-state index contributed by atoms with van der Waals surface area (Å²) in [5.41, 5.74) is 2.94. The largest absolute Gasteiger partial charge is 0.296 e. The highest BCUT2D eigenvalue weighted by atomic mass is 35.5. The maximum absolute atomic E-state index is 6.25. The number of hydrazine groups is 1. The van der Waals surface area contributed by atoms with Gasteiger partial charge in [-0.05, 0) is 51.2 Å². The maximum atomic E-state index is 6.25. The Hall–Kier alpha value is -0.130. The summed E-state index contributed by atoms with van der Waals surface area (Å²) in [5, 5.41) is 2.84. The smallest absolute Gasteiger partial charge is 0.0746 e. The third kappa shape index (κ3) is 2.73. The number of nitrogens with zero attached hydrogens (tertiary/aromatic N) is 1. The van der Waals surface area contributed by atoms with E-state index in [0.29, 0.717) is 0 Å². The van der Waals surface area contributed by atoms with Gasteiger partial charge in [-0.3, -0.25) is 16.2 Å². The van der Waals surface area contributed by atoms with Crippen molar-refractivity contribution >= 4 is 22.9 Å². The highest BCUT2D eigenvalue weighted by Crippen LogP contribution is 2.38. The molecule has 0 aliphatic carbocycles. The van der Waals surface area contributed by atoms with Crippen molar-refractivity contribution in [3.05, 3.63) is 21.3 Å². The van der Waals surface area contributed by atoms with Crippen molar-refractivity contribution in [2.45, 2.75) is 44.7 Å². The van der Waals surface area contributed by atoms with Gasteiger partial charge in [0.15, 0.2) is 0 Å². The van der Waals surface area contributed by atoms with Crippen LogP contribution >= 0.6 is 22.9 Å². The molecule has 1 atom stereocenters. The van der Waals surface area contributed by atoms with E-state index in [9.17, 15) is 0 Å². The Morgan fingerprint density at radius 1 is 1.39 bits per heavy atom. The lowest BCUT2D eigenvalue weighted by Gasteiger charge is -2.45. The molecule has 18 heavy (non-hydrogen) atoms. The molecular weight excluding hydrogens is 266 g/mol. The van der Waals surface area contributed by atoms with Gasteiger partial charge in [0.05, 0.1) is 11.1 Å². The van der Waals surface area contributed by atoms with Crippen molar-refractivity contribution in [3.8, 4) is 0 Å². The zero-order valence-electron chi connectivity index (χ0n) is 11.1. The van der Waals surface area contributed by atoms with Crippen molar-refractivity contribution in [1.29, 1.82) is 0 Å². The van der Waals surface area contributed by atoms with Crippen LogP contribution in [-0.4, -0.2) is 23.5 Å². The van der Waals surface area contributed by atoms with Gasteiger partial charge in [0.2, 0.25) is 0 Å². The standard InChI is InChI=1S/C13H22ClN3S/c1-13(2,17-7-4-3-5-8-17)12(16-15)11-10(14)6-9-18-11/h6,9,12,16H,3-5,7-8,15H2,1-2H3. The molecule has 1 aliphatic rings. The van der Waals surface area contributed by atoms with E-state index in [1.54, 1.807) is 11.3 Å². The molecule has 2 heterocycles. The van der Waals surface area contributed by atoms with Crippen LogP contribution in [0.15, 0.2) is 11.4 Å². The molecule has 1 saturated heterocycles. The molecule has 102 valence electrons. The number of rotatable bonds is 4. The topological polar surface area (TPSA) is 41.3 Å². The van der Waals surface area contributed by atoms with E-state index in [4.69, 9.17) is 17.4 Å². The SMILES string of the molecule is CC(C)(C(NN)c1sccc1Cl)N1CCCCC1. The van der Waals surface area contributed by atoms with E-state index >= 15 is 0 Å². The van der Waals surface area contributed by atoms with Crippen molar-refractivity contribution in [1.82, 2.24) is 10.3 Å². The Morgan fingerprint density at radius 2 is 2.06 bits per heavy atom. The highest BCUT2D eigenvalue weighted by Gasteiger charge is 2.37. The minimum atomic E-state index is -0.0241. The summed E-state index contributed by atoms with van der Waals surface area (Å²) in [6.07, 6.45) is 3.89. The van der Waals surface area contributed by atoms with Crippen LogP contribution in [-0.2, 0) is 0 Å². The van der Waals surface area contributed by atoms with Crippen molar-refractivity contribution < 1.29 is 0 Å². The minimum Gasteiger partial charge on any atom is -0.296 e. The number of piperidine rings is 1. The lowest BCUT2D eigenvalue weighted by atomic mass is 9.89. The van der Waals surface area contributed by atoms with Gasteiger partial charge in [-0.2, -0.15) is 0 Å². The molecule has 1 aliphatic heterocycles. The lowest BCUT2D eigenvalue weighted by molar-refractivity contribution is 0.0619. The van der Waals surface area contributed by atoms with Crippen LogP contribution in [0.25, 0.3) is 0 Å². The first-order chi connectivity index (χ1) is 8.57. The summed E-state index contributed by atoms with van der Waals surface area (Å²) in [6, 6.07) is 2.01. The Bertz CT molecular complexity index is 385. The molecule has 0 aromatic carbocycles. The number of halogens is 1. The van der Waals surface area contributed by atoms with Crippen LogP contribution in [0.5, 0.6) is 0 Å². The number of hydrogen-bond acceptors (Lipinski definition) is 4. The van der Waals surface area contributed by atoms with Gasteiger partial charge in [0, 0.05) is 10.4 Å². The fourth-order valence-corrected chi connectivity index (χ4v) is 4.17. The molecule has 0 amide bonds. The van der Waals surface area contributed by atoms with Crippen LogP contribution in [0.1, 0.15) is 44.0 Å². The lowest BCUT2D eigenvalue weighted by Crippen LogP contribution is -2.55. The molecule has 2 rings (SSSR count). The van der Waals surface area contributed by atoms with Gasteiger partial charge in [0.1, 0.15) is 0 Å². The molecular formula is C13H22ClN3S.